The average molecular weight is 456 g/mol. The fourth-order valence-electron chi connectivity index (χ4n) is 3.94. The molecule has 34 heavy (non-hydrogen) atoms. The number of carbonyl (C=O) groups excluding carboxylic acids is 3. The molecule has 0 radical (unpaired) electrons. The lowest BCUT2D eigenvalue weighted by Crippen LogP contribution is -2.24. The zero-order chi connectivity index (χ0) is 24.3. The minimum absolute atomic E-state index is 0.0189. The molecule has 0 bridgehead atoms. The van der Waals surface area contributed by atoms with Crippen molar-refractivity contribution in [1.29, 1.82) is 0 Å². The summed E-state index contributed by atoms with van der Waals surface area (Å²) in [6.07, 6.45) is 1.37. The van der Waals surface area contributed by atoms with Gasteiger partial charge in [-0.3, -0.25) is 14.4 Å². The molecule has 1 aliphatic rings. The molecule has 0 unspecified atom stereocenters. The van der Waals surface area contributed by atoms with Crippen LogP contribution in [0.2, 0.25) is 0 Å². The first-order chi connectivity index (χ1) is 16.2. The Balaban J connectivity index is 1.43. The number of carbonyl (C=O) groups is 3. The van der Waals surface area contributed by atoms with Crippen molar-refractivity contribution in [2.75, 3.05) is 22.1 Å². The summed E-state index contributed by atoms with van der Waals surface area (Å²) in [4.78, 5) is 39.3. The van der Waals surface area contributed by atoms with Crippen LogP contribution in [-0.4, -0.2) is 24.3 Å². The van der Waals surface area contributed by atoms with E-state index >= 15 is 0 Å². The fraction of sp³-hybridized carbons (Fsp3) is 0.250. The van der Waals surface area contributed by atoms with Crippen molar-refractivity contribution in [2.24, 2.45) is 0 Å². The van der Waals surface area contributed by atoms with Crippen LogP contribution >= 0.6 is 0 Å². The molecular formula is C28H29N3O3. The summed E-state index contributed by atoms with van der Waals surface area (Å²) in [5.41, 5.74) is 4.08. The quantitative estimate of drug-likeness (QED) is 0.524. The topological polar surface area (TPSA) is 78.5 Å². The Morgan fingerprint density at radius 2 is 1.41 bits per heavy atom. The lowest BCUT2D eigenvalue weighted by Gasteiger charge is -2.19. The summed E-state index contributed by atoms with van der Waals surface area (Å²) in [6.45, 7) is 7.06. The average Bonchev–Trinajstić information content (AvgIpc) is 3.25. The summed E-state index contributed by atoms with van der Waals surface area (Å²) in [7, 11) is 0. The van der Waals surface area contributed by atoms with Gasteiger partial charge in [-0.25, -0.2) is 0 Å². The Kier molecular flexibility index (Phi) is 6.50. The van der Waals surface area contributed by atoms with E-state index in [1.165, 1.54) is 0 Å². The molecule has 6 nitrogen and oxygen atoms in total. The van der Waals surface area contributed by atoms with Crippen LogP contribution in [0.25, 0.3) is 0 Å². The Morgan fingerprint density at radius 3 is 2.00 bits per heavy atom. The minimum atomic E-state index is -0.283. The maximum absolute atomic E-state index is 12.8. The van der Waals surface area contributed by atoms with Gasteiger partial charge in [0.15, 0.2) is 0 Å². The van der Waals surface area contributed by atoms with Crippen LogP contribution in [0.4, 0.5) is 17.1 Å². The Hall–Kier alpha value is -3.93. The lowest BCUT2D eigenvalue weighted by molar-refractivity contribution is -0.117. The molecule has 3 amide bonds. The number of hydrogen-bond donors (Lipinski definition) is 2. The molecule has 6 heteroatoms. The number of nitrogens with one attached hydrogen (secondary N) is 2. The second-order valence-electron chi connectivity index (χ2n) is 9.52. The Morgan fingerprint density at radius 1 is 0.794 bits per heavy atom. The Bertz CT molecular complexity index is 1230. The SMILES string of the molecule is CC(C)(C)c1ccc(C(=O)Nc2cccc(NC(=O)c3cccc(N4CCCC4=O)c3)c2)cc1. The summed E-state index contributed by atoms with van der Waals surface area (Å²) in [5.74, 6) is -0.421. The van der Waals surface area contributed by atoms with Crippen LogP contribution in [-0.2, 0) is 10.2 Å². The van der Waals surface area contributed by atoms with E-state index in [2.05, 4.69) is 31.4 Å². The first-order valence-corrected chi connectivity index (χ1v) is 11.4. The van der Waals surface area contributed by atoms with E-state index in [1.807, 2.05) is 30.3 Å². The van der Waals surface area contributed by atoms with E-state index in [9.17, 15) is 14.4 Å². The van der Waals surface area contributed by atoms with Crippen LogP contribution in [0.5, 0.6) is 0 Å². The molecule has 1 heterocycles. The van der Waals surface area contributed by atoms with Gasteiger partial charge in [0.2, 0.25) is 5.91 Å². The van der Waals surface area contributed by atoms with Crippen molar-refractivity contribution in [2.45, 2.75) is 39.0 Å². The standard InChI is InChI=1S/C28H29N3O3/c1-28(2,3)21-14-12-19(13-15-21)26(33)29-22-8-5-9-23(18-22)30-27(34)20-7-4-10-24(17-20)31-16-6-11-25(31)32/h4-5,7-10,12-15,17-18H,6,11,16H2,1-3H3,(H,29,33)(H,30,34). The van der Waals surface area contributed by atoms with Gasteiger partial charge < -0.3 is 15.5 Å². The number of hydrogen-bond acceptors (Lipinski definition) is 3. The largest absolute Gasteiger partial charge is 0.322 e. The minimum Gasteiger partial charge on any atom is -0.322 e. The molecule has 0 atom stereocenters. The van der Waals surface area contributed by atoms with Crippen molar-refractivity contribution in [3.05, 3.63) is 89.5 Å². The normalized spacial score (nSPS) is 13.6. The van der Waals surface area contributed by atoms with Crippen molar-refractivity contribution in [3.8, 4) is 0 Å². The molecule has 4 rings (SSSR count). The summed E-state index contributed by atoms with van der Waals surface area (Å²) in [6, 6.07) is 21.7. The van der Waals surface area contributed by atoms with Gasteiger partial charge in [0.05, 0.1) is 0 Å². The zero-order valence-corrected chi connectivity index (χ0v) is 19.7. The van der Waals surface area contributed by atoms with Gasteiger partial charge in [-0.15, -0.1) is 0 Å². The third-order valence-electron chi connectivity index (χ3n) is 5.88. The van der Waals surface area contributed by atoms with Crippen LogP contribution in [0, 0.1) is 0 Å². The molecule has 0 aromatic heterocycles. The monoisotopic (exact) mass is 455 g/mol. The molecule has 174 valence electrons. The maximum atomic E-state index is 12.8. The number of anilines is 3. The van der Waals surface area contributed by atoms with Gasteiger partial charge >= 0.3 is 0 Å². The number of amides is 3. The molecule has 3 aromatic rings. The number of benzene rings is 3. The highest BCUT2D eigenvalue weighted by Gasteiger charge is 2.22. The van der Waals surface area contributed by atoms with Gasteiger partial charge in [-0.2, -0.15) is 0 Å². The summed E-state index contributed by atoms with van der Waals surface area (Å²) in [5, 5.41) is 5.76. The summed E-state index contributed by atoms with van der Waals surface area (Å²) < 4.78 is 0. The first kappa shape index (κ1) is 23.2. The molecule has 3 aromatic carbocycles. The predicted molar refractivity (Wildman–Crippen MR) is 136 cm³/mol. The Labute approximate surface area is 200 Å². The van der Waals surface area contributed by atoms with Gasteiger partial charge in [0, 0.05) is 41.2 Å². The van der Waals surface area contributed by atoms with Crippen LogP contribution in [0.3, 0.4) is 0 Å². The molecule has 0 spiro atoms. The van der Waals surface area contributed by atoms with Gasteiger partial charge in [-0.05, 0) is 65.9 Å². The molecule has 1 aliphatic heterocycles. The van der Waals surface area contributed by atoms with Crippen molar-refractivity contribution in [3.63, 3.8) is 0 Å². The smallest absolute Gasteiger partial charge is 0.255 e. The van der Waals surface area contributed by atoms with E-state index in [-0.39, 0.29) is 23.1 Å². The molecule has 1 saturated heterocycles. The van der Waals surface area contributed by atoms with E-state index < -0.39 is 0 Å². The van der Waals surface area contributed by atoms with Gasteiger partial charge in [0.25, 0.3) is 11.8 Å². The van der Waals surface area contributed by atoms with Crippen molar-refractivity contribution < 1.29 is 14.4 Å². The number of rotatable bonds is 5. The van der Waals surface area contributed by atoms with Crippen molar-refractivity contribution >= 4 is 34.8 Å². The lowest BCUT2D eigenvalue weighted by atomic mass is 9.87. The molecule has 1 fully saturated rings. The fourth-order valence-corrected chi connectivity index (χ4v) is 3.94. The molecule has 0 aliphatic carbocycles. The first-order valence-electron chi connectivity index (χ1n) is 11.4. The second kappa shape index (κ2) is 9.51. The van der Waals surface area contributed by atoms with Gasteiger partial charge in [0.1, 0.15) is 0 Å². The molecular weight excluding hydrogens is 426 g/mol. The third-order valence-corrected chi connectivity index (χ3v) is 5.88. The van der Waals surface area contributed by atoms with Crippen molar-refractivity contribution in [1.82, 2.24) is 0 Å². The second-order valence-corrected chi connectivity index (χ2v) is 9.52. The van der Waals surface area contributed by atoms with E-state index in [0.717, 1.165) is 17.7 Å². The molecule has 2 N–H and O–H groups in total. The highest BCUT2D eigenvalue weighted by molar-refractivity contribution is 6.07. The van der Waals surface area contributed by atoms with E-state index in [0.29, 0.717) is 35.5 Å². The van der Waals surface area contributed by atoms with Gasteiger partial charge in [-0.1, -0.05) is 45.0 Å². The van der Waals surface area contributed by atoms with E-state index in [4.69, 9.17) is 0 Å². The molecule has 0 saturated carbocycles. The van der Waals surface area contributed by atoms with Crippen LogP contribution in [0.15, 0.2) is 72.8 Å². The van der Waals surface area contributed by atoms with E-state index in [1.54, 1.807) is 47.4 Å². The zero-order valence-electron chi connectivity index (χ0n) is 19.7. The van der Waals surface area contributed by atoms with Crippen LogP contribution in [0.1, 0.15) is 59.9 Å². The predicted octanol–water partition coefficient (Wildman–Crippen LogP) is 5.62. The van der Waals surface area contributed by atoms with Crippen LogP contribution < -0.4 is 15.5 Å². The highest BCUT2D eigenvalue weighted by Crippen LogP contribution is 2.24. The highest BCUT2D eigenvalue weighted by atomic mass is 16.2. The maximum Gasteiger partial charge on any atom is 0.255 e. The number of nitrogens with zero attached hydrogens (tertiary/aromatic N) is 1. The third kappa shape index (κ3) is 5.34. The summed E-state index contributed by atoms with van der Waals surface area (Å²) >= 11 is 0.